The number of unbranched alkanes of at least 4 members (excludes halogenated alkanes) is 16. The first-order chi connectivity index (χ1) is 12.2. The Kier molecular flexibility index (Phi) is 19.6. The Labute approximate surface area is 157 Å². The largest absolute Gasteiger partial charge is 0.384 e. The summed E-state index contributed by atoms with van der Waals surface area (Å²) in [5.74, 6) is -0.0940. The summed E-state index contributed by atoms with van der Waals surface area (Å²) in [6.07, 6.45) is 22.3. The van der Waals surface area contributed by atoms with E-state index in [0.29, 0.717) is 6.42 Å². The molecule has 0 aliphatic carbocycles. The number of carbonyl (C=O) groups excluding carboxylic acids is 1. The van der Waals surface area contributed by atoms with Crippen LogP contribution in [0.25, 0.3) is 0 Å². The third-order valence-corrected chi connectivity index (χ3v) is 5.12. The standard InChI is InChI=1S/C22H45NO2/c1-2-3-4-5-6-7-8-9-10-11-12-13-14-15-16-17-18-19-21(24)22(25)20-23/h22,25H,2-20,23H2,1H3. The second-order valence-electron chi connectivity index (χ2n) is 7.62. The first-order valence-electron chi connectivity index (χ1n) is 11.1. The molecule has 0 aromatic carbocycles. The number of Topliss-reactive ketones (excluding diaryl/α,β-unsaturated/α-hetero) is 1. The zero-order valence-corrected chi connectivity index (χ0v) is 16.9. The van der Waals surface area contributed by atoms with Crippen molar-refractivity contribution in [2.45, 2.75) is 129 Å². The Balaban J connectivity index is 3.08. The molecule has 25 heavy (non-hydrogen) atoms. The van der Waals surface area contributed by atoms with Gasteiger partial charge in [-0.05, 0) is 6.42 Å². The van der Waals surface area contributed by atoms with Crippen molar-refractivity contribution in [3.8, 4) is 0 Å². The smallest absolute Gasteiger partial charge is 0.162 e. The Hall–Kier alpha value is -0.410. The van der Waals surface area contributed by atoms with Crippen molar-refractivity contribution in [3.63, 3.8) is 0 Å². The maximum Gasteiger partial charge on any atom is 0.162 e. The molecule has 1 unspecified atom stereocenters. The van der Waals surface area contributed by atoms with Crippen molar-refractivity contribution in [2.24, 2.45) is 5.73 Å². The van der Waals surface area contributed by atoms with Gasteiger partial charge < -0.3 is 10.8 Å². The van der Waals surface area contributed by atoms with Gasteiger partial charge in [0.2, 0.25) is 0 Å². The van der Waals surface area contributed by atoms with Crippen LogP contribution in [0.5, 0.6) is 0 Å². The van der Waals surface area contributed by atoms with E-state index in [4.69, 9.17) is 5.73 Å². The molecule has 0 aliphatic heterocycles. The fraction of sp³-hybridized carbons (Fsp3) is 0.955. The van der Waals surface area contributed by atoms with E-state index in [0.717, 1.165) is 12.8 Å². The van der Waals surface area contributed by atoms with Crippen LogP contribution in [0.4, 0.5) is 0 Å². The van der Waals surface area contributed by atoms with Gasteiger partial charge in [0, 0.05) is 13.0 Å². The predicted octanol–water partition coefficient (Wildman–Crippen LogP) is 5.92. The monoisotopic (exact) mass is 355 g/mol. The molecule has 0 saturated heterocycles. The van der Waals surface area contributed by atoms with Gasteiger partial charge in [0.25, 0.3) is 0 Å². The van der Waals surface area contributed by atoms with E-state index in [1.807, 2.05) is 0 Å². The molecular weight excluding hydrogens is 310 g/mol. The lowest BCUT2D eigenvalue weighted by atomic mass is 10.0. The van der Waals surface area contributed by atoms with Crippen LogP contribution in [-0.4, -0.2) is 23.5 Å². The fourth-order valence-electron chi connectivity index (χ4n) is 3.32. The minimum absolute atomic E-state index is 0.0534. The highest BCUT2D eigenvalue weighted by Gasteiger charge is 2.11. The molecule has 0 fully saturated rings. The minimum Gasteiger partial charge on any atom is -0.384 e. The molecule has 0 heterocycles. The lowest BCUT2D eigenvalue weighted by Crippen LogP contribution is -2.28. The van der Waals surface area contributed by atoms with Crippen LogP contribution in [0.1, 0.15) is 122 Å². The van der Waals surface area contributed by atoms with Crippen LogP contribution in [-0.2, 0) is 4.79 Å². The van der Waals surface area contributed by atoms with Gasteiger partial charge in [-0.25, -0.2) is 0 Å². The highest BCUT2D eigenvalue weighted by atomic mass is 16.3. The number of nitrogens with two attached hydrogens (primary N) is 1. The summed E-state index contributed by atoms with van der Waals surface area (Å²) in [5.41, 5.74) is 5.27. The van der Waals surface area contributed by atoms with Crippen LogP contribution in [0.15, 0.2) is 0 Å². The predicted molar refractivity (Wildman–Crippen MR) is 109 cm³/mol. The second kappa shape index (κ2) is 19.9. The molecule has 3 nitrogen and oxygen atoms in total. The van der Waals surface area contributed by atoms with Gasteiger partial charge in [-0.1, -0.05) is 110 Å². The van der Waals surface area contributed by atoms with Crippen molar-refractivity contribution in [1.29, 1.82) is 0 Å². The van der Waals surface area contributed by atoms with Crippen molar-refractivity contribution < 1.29 is 9.90 Å². The number of aliphatic hydroxyl groups excluding tert-OH is 1. The molecule has 1 atom stereocenters. The van der Waals surface area contributed by atoms with E-state index in [-0.39, 0.29) is 12.3 Å². The van der Waals surface area contributed by atoms with E-state index < -0.39 is 6.10 Å². The molecular formula is C22H45NO2. The fourth-order valence-corrected chi connectivity index (χ4v) is 3.32. The van der Waals surface area contributed by atoms with Crippen molar-refractivity contribution in [2.75, 3.05) is 6.54 Å². The average Bonchev–Trinajstić information content (AvgIpc) is 2.63. The van der Waals surface area contributed by atoms with Gasteiger partial charge in [0.05, 0.1) is 0 Å². The molecule has 3 N–H and O–H groups in total. The lowest BCUT2D eigenvalue weighted by Gasteiger charge is -2.06. The zero-order chi connectivity index (χ0) is 18.6. The first-order valence-corrected chi connectivity index (χ1v) is 11.1. The maximum atomic E-state index is 11.4. The lowest BCUT2D eigenvalue weighted by molar-refractivity contribution is -0.126. The number of hydrogen-bond donors (Lipinski definition) is 2. The number of aliphatic hydroxyl groups is 1. The van der Waals surface area contributed by atoms with Crippen molar-refractivity contribution in [3.05, 3.63) is 0 Å². The van der Waals surface area contributed by atoms with E-state index >= 15 is 0 Å². The molecule has 0 spiro atoms. The van der Waals surface area contributed by atoms with E-state index in [9.17, 15) is 9.90 Å². The molecule has 0 radical (unpaired) electrons. The molecule has 0 saturated carbocycles. The molecule has 0 aliphatic rings. The minimum atomic E-state index is -0.943. The summed E-state index contributed by atoms with van der Waals surface area (Å²) in [7, 11) is 0. The van der Waals surface area contributed by atoms with Crippen molar-refractivity contribution >= 4 is 5.78 Å². The Morgan fingerprint density at radius 1 is 0.680 bits per heavy atom. The molecule has 0 amide bonds. The highest BCUT2D eigenvalue weighted by molar-refractivity contribution is 5.82. The zero-order valence-electron chi connectivity index (χ0n) is 16.9. The maximum absolute atomic E-state index is 11.4. The Morgan fingerprint density at radius 2 is 1.00 bits per heavy atom. The average molecular weight is 356 g/mol. The first kappa shape index (κ1) is 24.6. The van der Waals surface area contributed by atoms with E-state index in [1.54, 1.807) is 0 Å². The molecule has 3 heteroatoms. The van der Waals surface area contributed by atoms with Crippen LogP contribution in [0, 0.1) is 0 Å². The quantitative estimate of drug-likeness (QED) is 0.267. The highest BCUT2D eigenvalue weighted by Crippen LogP contribution is 2.14. The van der Waals surface area contributed by atoms with Crippen LogP contribution >= 0.6 is 0 Å². The van der Waals surface area contributed by atoms with Gasteiger partial charge in [-0.15, -0.1) is 0 Å². The van der Waals surface area contributed by atoms with E-state index in [1.165, 1.54) is 96.3 Å². The summed E-state index contributed by atoms with van der Waals surface area (Å²) in [5, 5.41) is 9.29. The van der Waals surface area contributed by atoms with Gasteiger partial charge in [0.1, 0.15) is 6.10 Å². The molecule has 0 aromatic rings. The molecule has 0 aromatic heterocycles. The molecule has 0 bridgehead atoms. The van der Waals surface area contributed by atoms with Crippen LogP contribution in [0.2, 0.25) is 0 Å². The number of carbonyl (C=O) groups is 1. The van der Waals surface area contributed by atoms with Gasteiger partial charge in [0.15, 0.2) is 5.78 Å². The summed E-state index contributed by atoms with van der Waals surface area (Å²) >= 11 is 0. The van der Waals surface area contributed by atoms with Crippen LogP contribution in [0.3, 0.4) is 0 Å². The molecule has 0 rings (SSSR count). The third kappa shape index (κ3) is 18.2. The SMILES string of the molecule is CCCCCCCCCCCCCCCCCCCC(=O)C(O)CN. The Morgan fingerprint density at radius 3 is 1.32 bits per heavy atom. The van der Waals surface area contributed by atoms with E-state index in [2.05, 4.69) is 6.92 Å². The summed E-state index contributed by atoms with van der Waals surface area (Å²) < 4.78 is 0. The van der Waals surface area contributed by atoms with Crippen molar-refractivity contribution in [1.82, 2.24) is 0 Å². The Bertz CT molecular complexity index is 281. The third-order valence-electron chi connectivity index (χ3n) is 5.12. The van der Waals surface area contributed by atoms with Crippen LogP contribution < -0.4 is 5.73 Å². The summed E-state index contributed by atoms with van der Waals surface area (Å²) in [4.78, 5) is 11.4. The summed E-state index contributed by atoms with van der Waals surface area (Å²) in [6, 6.07) is 0. The normalized spacial score (nSPS) is 12.4. The topological polar surface area (TPSA) is 63.3 Å². The summed E-state index contributed by atoms with van der Waals surface area (Å²) in [6.45, 7) is 2.33. The van der Waals surface area contributed by atoms with Gasteiger partial charge in [-0.2, -0.15) is 0 Å². The number of rotatable bonds is 20. The number of ketones is 1. The number of hydrogen-bond acceptors (Lipinski definition) is 3. The van der Waals surface area contributed by atoms with Gasteiger partial charge in [-0.3, -0.25) is 4.79 Å². The second-order valence-corrected chi connectivity index (χ2v) is 7.62. The molecule has 150 valence electrons. The van der Waals surface area contributed by atoms with Gasteiger partial charge >= 0.3 is 0 Å².